The number of nitrogens with zero attached hydrogens (tertiary/aromatic N) is 1. The molecule has 0 heterocycles. The summed E-state index contributed by atoms with van der Waals surface area (Å²) in [6, 6.07) is 8.05. The molecule has 2 aromatic rings. The van der Waals surface area contributed by atoms with E-state index in [0.717, 1.165) is 6.07 Å². The van der Waals surface area contributed by atoms with Crippen molar-refractivity contribution >= 4 is 31.7 Å². The Morgan fingerprint density at radius 1 is 0.931 bits per heavy atom. The molecule has 0 spiro atoms. The Labute approximate surface area is 171 Å². The molecule has 0 saturated carbocycles. The normalized spacial score (nSPS) is 12.2. The number of anilines is 1. The largest absolute Gasteiger partial charge is 0.478 e. The summed E-state index contributed by atoms with van der Waals surface area (Å²) >= 11 is 0. The van der Waals surface area contributed by atoms with Gasteiger partial charge in [0.2, 0.25) is 10.0 Å². The first kappa shape index (κ1) is 22.9. The predicted molar refractivity (Wildman–Crippen MR) is 110 cm³/mol. The van der Waals surface area contributed by atoms with Gasteiger partial charge in [0, 0.05) is 13.1 Å². The predicted octanol–water partition coefficient (Wildman–Crippen LogP) is 2.83. The van der Waals surface area contributed by atoms with Crippen molar-refractivity contribution < 1.29 is 26.7 Å². The van der Waals surface area contributed by atoms with Crippen LogP contribution >= 0.6 is 0 Å². The van der Waals surface area contributed by atoms with E-state index in [1.165, 1.54) is 34.6 Å². The van der Waals surface area contributed by atoms with E-state index in [-0.39, 0.29) is 34.1 Å². The minimum Gasteiger partial charge on any atom is -0.478 e. The van der Waals surface area contributed by atoms with Gasteiger partial charge in [0.05, 0.1) is 21.0 Å². The molecule has 0 aliphatic heterocycles. The van der Waals surface area contributed by atoms with Crippen LogP contribution in [0.25, 0.3) is 0 Å². The van der Waals surface area contributed by atoms with Gasteiger partial charge in [0.1, 0.15) is 0 Å². The summed E-state index contributed by atoms with van der Waals surface area (Å²) in [4.78, 5) is 11.0. The Kier molecular flexibility index (Phi) is 6.71. The SMILES string of the molecule is CCN(CC)S(=O)(=O)c1cc(NS(=O)(=O)c2cc(C(=O)O)ccc2C)ccc1C. The highest BCUT2D eigenvalue weighted by molar-refractivity contribution is 7.92. The summed E-state index contributed by atoms with van der Waals surface area (Å²) in [7, 11) is -7.91. The number of rotatable bonds is 8. The minimum atomic E-state index is -4.13. The van der Waals surface area contributed by atoms with Gasteiger partial charge in [0.15, 0.2) is 0 Å². The highest BCUT2D eigenvalue weighted by Crippen LogP contribution is 2.26. The van der Waals surface area contributed by atoms with Crippen LogP contribution in [-0.4, -0.2) is 45.3 Å². The Bertz CT molecular complexity index is 1140. The van der Waals surface area contributed by atoms with Gasteiger partial charge in [-0.2, -0.15) is 4.31 Å². The number of carboxylic acid groups (broad SMARTS) is 1. The van der Waals surface area contributed by atoms with E-state index in [2.05, 4.69) is 4.72 Å². The molecule has 29 heavy (non-hydrogen) atoms. The number of carboxylic acids is 1. The maximum Gasteiger partial charge on any atom is 0.335 e. The fourth-order valence-corrected chi connectivity index (χ4v) is 5.91. The standard InChI is InChI=1S/C19H24N2O6S2/c1-5-21(6-2)29(26,27)18-12-16(10-8-14(18)4)20-28(24,25)17-11-15(19(22)23)9-7-13(17)3/h7-12,20H,5-6H2,1-4H3,(H,22,23). The first-order valence-electron chi connectivity index (χ1n) is 8.91. The Hall–Kier alpha value is -2.43. The van der Waals surface area contributed by atoms with Crippen LogP contribution in [0.2, 0.25) is 0 Å². The fraction of sp³-hybridized carbons (Fsp3) is 0.316. The fourth-order valence-electron chi connectivity index (χ4n) is 2.88. The lowest BCUT2D eigenvalue weighted by Gasteiger charge is -2.20. The zero-order chi connectivity index (χ0) is 22.0. The van der Waals surface area contributed by atoms with Gasteiger partial charge < -0.3 is 5.11 Å². The minimum absolute atomic E-state index is 0.0115. The van der Waals surface area contributed by atoms with E-state index < -0.39 is 26.0 Å². The molecule has 0 fully saturated rings. The molecular weight excluding hydrogens is 416 g/mol. The highest BCUT2D eigenvalue weighted by atomic mass is 32.2. The van der Waals surface area contributed by atoms with Crippen LogP contribution in [0.5, 0.6) is 0 Å². The lowest BCUT2D eigenvalue weighted by atomic mass is 10.1. The molecule has 0 unspecified atom stereocenters. The first-order valence-corrected chi connectivity index (χ1v) is 11.8. The highest BCUT2D eigenvalue weighted by Gasteiger charge is 2.25. The van der Waals surface area contributed by atoms with Crippen LogP contribution in [0.1, 0.15) is 35.3 Å². The number of aromatic carboxylic acids is 1. The van der Waals surface area contributed by atoms with Gasteiger partial charge in [-0.3, -0.25) is 4.72 Å². The smallest absolute Gasteiger partial charge is 0.335 e. The van der Waals surface area contributed by atoms with Crippen LogP contribution in [0.3, 0.4) is 0 Å². The van der Waals surface area contributed by atoms with Crippen molar-refractivity contribution in [1.29, 1.82) is 0 Å². The third kappa shape index (κ3) is 4.77. The summed E-state index contributed by atoms with van der Waals surface area (Å²) in [5, 5.41) is 9.12. The number of hydrogen-bond acceptors (Lipinski definition) is 5. The first-order chi connectivity index (χ1) is 13.4. The van der Waals surface area contributed by atoms with Crippen molar-refractivity contribution in [2.24, 2.45) is 0 Å². The van der Waals surface area contributed by atoms with Gasteiger partial charge in [-0.1, -0.05) is 26.0 Å². The van der Waals surface area contributed by atoms with Crippen LogP contribution in [0.4, 0.5) is 5.69 Å². The molecule has 2 aromatic carbocycles. The molecule has 0 aromatic heterocycles. The Balaban J connectivity index is 2.51. The van der Waals surface area contributed by atoms with Crippen molar-refractivity contribution in [2.75, 3.05) is 17.8 Å². The molecule has 0 radical (unpaired) electrons. The van der Waals surface area contributed by atoms with Crippen molar-refractivity contribution in [3.05, 3.63) is 53.1 Å². The second-order valence-corrected chi connectivity index (χ2v) is 10.0. The van der Waals surface area contributed by atoms with E-state index in [1.54, 1.807) is 27.7 Å². The maximum atomic E-state index is 12.9. The third-order valence-electron chi connectivity index (χ3n) is 4.49. The van der Waals surface area contributed by atoms with Gasteiger partial charge in [-0.25, -0.2) is 21.6 Å². The van der Waals surface area contributed by atoms with Crippen LogP contribution in [0, 0.1) is 13.8 Å². The number of hydrogen-bond donors (Lipinski definition) is 2. The van der Waals surface area contributed by atoms with E-state index in [9.17, 15) is 21.6 Å². The average Bonchev–Trinajstić information content (AvgIpc) is 2.63. The van der Waals surface area contributed by atoms with Crippen LogP contribution in [-0.2, 0) is 20.0 Å². The molecular formula is C19H24N2O6S2. The zero-order valence-corrected chi connectivity index (χ0v) is 18.3. The number of sulfonamides is 2. The quantitative estimate of drug-likeness (QED) is 0.651. The second kappa shape index (κ2) is 8.52. The number of nitrogens with one attached hydrogen (secondary N) is 1. The lowest BCUT2D eigenvalue weighted by molar-refractivity contribution is 0.0696. The van der Waals surface area contributed by atoms with Crippen molar-refractivity contribution in [3.63, 3.8) is 0 Å². The van der Waals surface area contributed by atoms with Crippen LogP contribution < -0.4 is 4.72 Å². The van der Waals surface area contributed by atoms with E-state index >= 15 is 0 Å². The molecule has 10 heteroatoms. The monoisotopic (exact) mass is 440 g/mol. The zero-order valence-electron chi connectivity index (χ0n) is 16.6. The average molecular weight is 441 g/mol. The molecule has 0 saturated heterocycles. The van der Waals surface area contributed by atoms with Crippen molar-refractivity contribution in [3.8, 4) is 0 Å². The lowest BCUT2D eigenvalue weighted by Crippen LogP contribution is -2.31. The molecule has 0 amide bonds. The summed E-state index contributed by atoms with van der Waals surface area (Å²) in [5.41, 5.74) is 0.764. The van der Waals surface area contributed by atoms with Crippen LogP contribution in [0.15, 0.2) is 46.2 Å². The molecule has 8 nitrogen and oxygen atoms in total. The van der Waals surface area contributed by atoms with Gasteiger partial charge >= 0.3 is 5.97 Å². The van der Waals surface area contributed by atoms with Crippen molar-refractivity contribution in [1.82, 2.24) is 4.31 Å². The summed E-state index contributed by atoms with van der Waals surface area (Å²) < 4.78 is 55.0. The summed E-state index contributed by atoms with van der Waals surface area (Å²) in [5.74, 6) is -1.25. The van der Waals surface area contributed by atoms with E-state index in [0.29, 0.717) is 11.1 Å². The van der Waals surface area contributed by atoms with Gasteiger partial charge in [0.25, 0.3) is 10.0 Å². The molecule has 0 atom stereocenters. The Morgan fingerprint density at radius 3 is 2.03 bits per heavy atom. The molecule has 0 aliphatic rings. The Morgan fingerprint density at radius 2 is 1.48 bits per heavy atom. The van der Waals surface area contributed by atoms with Crippen molar-refractivity contribution in [2.45, 2.75) is 37.5 Å². The molecule has 0 bridgehead atoms. The number of aryl methyl sites for hydroxylation is 2. The molecule has 2 N–H and O–H groups in total. The van der Waals surface area contributed by atoms with E-state index in [4.69, 9.17) is 5.11 Å². The number of benzene rings is 2. The third-order valence-corrected chi connectivity index (χ3v) is 8.20. The molecule has 158 valence electrons. The van der Waals surface area contributed by atoms with E-state index in [1.807, 2.05) is 0 Å². The maximum absolute atomic E-state index is 12.9. The molecule has 0 aliphatic carbocycles. The topological polar surface area (TPSA) is 121 Å². The molecule has 2 rings (SSSR count). The summed E-state index contributed by atoms with van der Waals surface area (Å²) in [6.07, 6.45) is 0. The summed E-state index contributed by atoms with van der Waals surface area (Å²) in [6.45, 7) is 7.20. The van der Waals surface area contributed by atoms with Gasteiger partial charge in [-0.15, -0.1) is 0 Å². The van der Waals surface area contributed by atoms with Gasteiger partial charge in [-0.05, 0) is 49.2 Å². The second-order valence-electron chi connectivity index (χ2n) is 6.46. The number of carbonyl (C=O) groups is 1.